The number of rotatable bonds is 2. The summed E-state index contributed by atoms with van der Waals surface area (Å²) in [4.78, 5) is 14.5. The Bertz CT molecular complexity index is 903. The third-order valence-electron chi connectivity index (χ3n) is 5.49. The number of benzene rings is 2. The molecule has 2 aromatic carbocycles. The molecule has 2 aliphatic heterocycles. The van der Waals surface area contributed by atoms with E-state index in [1.54, 1.807) is 0 Å². The monoisotopic (exact) mass is 352 g/mol. The molecule has 1 atom stereocenters. The van der Waals surface area contributed by atoms with Crippen LogP contribution in [0.2, 0.25) is 5.02 Å². The van der Waals surface area contributed by atoms with Crippen LogP contribution in [0.3, 0.4) is 0 Å². The molecule has 1 N–H and O–H groups in total. The van der Waals surface area contributed by atoms with E-state index >= 15 is 0 Å². The zero-order valence-corrected chi connectivity index (χ0v) is 15.4. The van der Waals surface area contributed by atoms with Crippen molar-refractivity contribution in [3.05, 3.63) is 70.3 Å². The summed E-state index contributed by atoms with van der Waals surface area (Å²) in [5.74, 6) is 0.0510. The van der Waals surface area contributed by atoms with Gasteiger partial charge in [-0.05, 0) is 42.3 Å². The van der Waals surface area contributed by atoms with E-state index in [1.165, 1.54) is 11.1 Å². The Morgan fingerprint density at radius 2 is 2.00 bits per heavy atom. The molecule has 25 heavy (non-hydrogen) atoms. The van der Waals surface area contributed by atoms with Gasteiger partial charge in [0.05, 0.1) is 6.54 Å². The Labute approximate surface area is 153 Å². The molecular weight excluding hydrogens is 332 g/mol. The first-order valence-corrected chi connectivity index (χ1v) is 8.86. The van der Waals surface area contributed by atoms with Crippen LogP contribution in [0.1, 0.15) is 30.5 Å². The van der Waals surface area contributed by atoms with Crippen molar-refractivity contribution < 1.29 is 4.79 Å². The summed E-state index contributed by atoms with van der Waals surface area (Å²) in [6.45, 7) is 6.87. The van der Waals surface area contributed by atoms with Crippen LogP contribution in [-0.2, 0) is 10.2 Å². The highest BCUT2D eigenvalue weighted by atomic mass is 35.5. The lowest BCUT2D eigenvalue weighted by Crippen LogP contribution is -2.58. The lowest BCUT2D eigenvalue weighted by molar-refractivity contribution is -0.118. The van der Waals surface area contributed by atoms with Crippen molar-refractivity contribution in [2.75, 3.05) is 11.4 Å². The van der Waals surface area contributed by atoms with Crippen LogP contribution in [0.25, 0.3) is 6.08 Å². The van der Waals surface area contributed by atoms with Crippen LogP contribution >= 0.6 is 11.6 Å². The second-order valence-electron chi connectivity index (χ2n) is 7.43. The fourth-order valence-corrected chi connectivity index (χ4v) is 4.31. The van der Waals surface area contributed by atoms with Gasteiger partial charge in [0.2, 0.25) is 5.91 Å². The number of nitrogens with one attached hydrogen (secondary N) is 1. The van der Waals surface area contributed by atoms with Gasteiger partial charge >= 0.3 is 0 Å². The quantitative estimate of drug-likeness (QED) is 0.874. The van der Waals surface area contributed by atoms with Gasteiger partial charge in [-0.3, -0.25) is 4.79 Å². The summed E-state index contributed by atoms with van der Waals surface area (Å²) in [7, 11) is 0. The zero-order valence-electron chi connectivity index (χ0n) is 14.6. The van der Waals surface area contributed by atoms with Crippen molar-refractivity contribution in [3.63, 3.8) is 0 Å². The topological polar surface area (TPSA) is 32.3 Å². The predicted octanol–water partition coefficient (Wildman–Crippen LogP) is 4.29. The molecule has 128 valence electrons. The molecule has 0 bridgehead atoms. The average molecular weight is 353 g/mol. The van der Waals surface area contributed by atoms with E-state index in [0.29, 0.717) is 11.6 Å². The van der Waals surface area contributed by atoms with E-state index in [4.69, 9.17) is 11.6 Å². The number of fused-ring (bicyclic) bond motifs is 3. The van der Waals surface area contributed by atoms with E-state index in [2.05, 4.69) is 55.3 Å². The second-order valence-corrected chi connectivity index (χ2v) is 7.87. The molecule has 4 heteroatoms. The summed E-state index contributed by atoms with van der Waals surface area (Å²) >= 11 is 6.11. The number of carbonyl (C=O) groups is 1. The van der Waals surface area contributed by atoms with Gasteiger partial charge in [0.25, 0.3) is 0 Å². The van der Waals surface area contributed by atoms with Crippen molar-refractivity contribution in [2.45, 2.75) is 31.8 Å². The predicted molar refractivity (Wildman–Crippen MR) is 103 cm³/mol. The number of aryl methyl sites for hydroxylation is 1. The van der Waals surface area contributed by atoms with Gasteiger partial charge in [-0.1, -0.05) is 61.4 Å². The average Bonchev–Trinajstić information content (AvgIpc) is 2.98. The molecule has 0 aliphatic carbocycles. The van der Waals surface area contributed by atoms with Crippen LogP contribution in [0.5, 0.6) is 0 Å². The van der Waals surface area contributed by atoms with Gasteiger partial charge in [0.1, 0.15) is 5.66 Å². The van der Waals surface area contributed by atoms with Gasteiger partial charge in [0, 0.05) is 16.1 Å². The number of carbonyl (C=O) groups excluding carboxylic acids is 1. The van der Waals surface area contributed by atoms with Gasteiger partial charge in [-0.25, -0.2) is 0 Å². The zero-order chi connectivity index (χ0) is 17.8. The molecule has 2 aliphatic rings. The number of nitrogens with zero attached hydrogens (tertiary/aromatic N) is 1. The number of hydrogen-bond acceptors (Lipinski definition) is 2. The number of hydrogen-bond donors (Lipinski definition) is 1. The van der Waals surface area contributed by atoms with Gasteiger partial charge < -0.3 is 10.2 Å². The molecule has 0 aromatic heterocycles. The minimum absolute atomic E-state index is 0.0510. The number of amides is 1. The largest absolute Gasteiger partial charge is 0.335 e. The maximum absolute atomic E-state index is 12.3. The van der Waals surface area contributed by atoms with Crippen molar-refractivity contribution >= 4 is 29.3 Å². The summed E-state index contributed by atoms with van der Waals surface area (Å²) in [6, 6.07) is 14.2. The van der Waals surface area contributed by atoms with Crippen LogP contribution in [0.15, 0.2) is 48.5 Å². The van der Waals surface area contributed by atoms with E-state index in [0.717, 1.165) is 11.3 Å². The molecule has 1 unspecified atom stereocenters. The van der Waals surface area contributed by atoms with E-state index in [1.807, 2.05) is 30.3 Å². The Morgan fingerprint density at radius 1 is 1.20 bits per heavy atom. The van der Waals surface area contributed by atoms with Crippen LogP contribution in [0.4, 0.5) is 5.69 Å². The molecule has 4 rings (SSSR count). The molecule has 2 heterocycles. The molecule has 0 saturated carbocycles. The first-order chi connectivity index (χ1) is 11.8. The van der Waals surface area contributed by atoms with Crippen LogP contribution < -0.4 is 10.2 Å². The van der Waals surface area contributed by atoms with E-state index in [9.17, 15) is 4.79 Å². The smallest absolute Gasteiger partial charge is 0.241 e. The fourth-order valence-electron chi connectivity index (χ4n) is 4.11. The number of anilines is 1. The molecule has 1 amide bonds. The lowest BCUT2D eigenvalue weighted by atomic mass is 9.75. The minimum Gasteiger partial charge on any atom is -0.335 e. The Balaban J connectivity index is 1.85. The Kier molecular flexibility index (Phi) is 3.48. The first-order valence-electron chi connectivity index (χ1n) is 8.48. The Morgan fingerprint density at radius 3 is 2.76 bits per heavy atom. The molecule has 0 radical (unpaired) electrons. The third-order valence-corrected chi connectivity index (χ3v) is 5.73. The first kappa shape index (κ1) is 16.2. The third kappa shape index (κ3) is 2.30. The van der Waals surface area contributed by atoms with Gasteiger partial charge in [-0.15, -0.1) is 0 Å². The van der Waals surface area contributed by atoms with Crippen molar-refractivity contribution in [3.8, 4) is 0 Å². The standard InChI is InChI=1S/C21H21ClN2O/c1-14-7-8-18-17(11-14)20(2,3)21(23-19(25)13-24(18)21)10-9-15-5-4-6-16(22)12-15/h4-12H,13H2,1-3H3,(H,23,25). The van der Waals surface area contributed by atoms with Gasteiger partial charge in [-0.2, -0.15) is 0 Å². The maximum atomic E-state index is 12.3. The van der Waals surface area contributed by atoms with Crippen molar-refractivity contribution in [1.82, 2.24) is 5.32 Å². The highest BCUT2D eigenvalue weighted by Gasteiger charge is 2.59. The van der Waals surface area contributed by atoms with Crippen molar-refractivity contribution in [2.24, 2.45) is 0 Å². The molecule has 1 saturated heterocycles. The number of halogens is 1. The summed E-state index contributed by atoms with van der Waals surface area (Å²) in [6.07, 6.45) is 4.16. The van der Waals surface area contributed by atoms with Crippen molar-refractivity contribution in [1.29, 1.82) is 0 Å². The lowest BCUT2D eigenvalue weighted by Gasteiger charge is -2.40. The summed E-state index contributed by atoms with van der Waals surface area (Å²) in [5, 5.41) is 3.94. The van der Waals surface area contributed by atoms with Gasteiger partial charge in [0.15, 0.2) is 0 Å². The fraction of sp³-hybridized carbons (Fsp3) is 0.286. The Hall–Kier alpha value is -2.26. The molecule has 0 spiro atoms. The highest BCUT2D eigenvalue weighted by molar-refractivity contribution is 6.30. The molecular formula is C21H21ClN2O. The minimum atomic E-state index is -0.567. The maximum Gasteiger partial charge on any atom is 0.241 e. The molecule has 3 nitrogen and oxygen atoms in total. The normalized spacial score (nSPS) is 23.7. The SMILES string of the molecule is Cc1ccc2c(c1)C(C)(C)C1(C=Cc3cccc(Cl)c3)NC(=O)CN21. The molecule has 1 fully saturated rings. The summed E-state index contributed by atoms with van der Waals surface area (Å²) < 4.78 is 0. The molecule has 2 aromatic rings. The van der Waals surface area contributed by atoms with E-state index in [-0.39, 0.29) is 11.3 Å². The second kappa shape index (κ2) is 5.37. The van der Waals surface area contributed by atoms with Crippen LogP contribution in [0, 0.1) is 6.92 Å². The summed E-state index contributed by atoms with van der Waals surface area (Å²) in [5.41, 5.74) is 3.82. The highest BCUT2D eigenvalue weighted by Crippen LogP contribution is 2.53. The van der Waals surface area contributed by atoms with Crippen LogP contribution in [-0.4, -0.2) is 18.1 Å². The van der Waals surface area contributed by atoms with E-state index < -0.39 is 5.66 Å².